The molecule has 1 aromatic heterocycles. The number of morpholine rings is 1. The van der Waals surface area contributed by atoms with E-state index in [9.17, 15) is 4.79 Å². The lowest BCUT2D eigenvalue weighted by molar-refractivity contribution is -0.134. The molecule has 6 heteroatoms. The quantitative estimate of drug-likeness (QED) is 0.779. The largest absolute Gasteiger partial charge is 0.497 e. The lowest BCUT2D eigenvalue weighted by Gasteiger charge is -2.35. The Morgan fingerprint density at radius 3 is 2.83 bits per heavy atom. The Morgan fingerprint density at radius 2 is 2.00 bits per heavy atom. The Labute approximate surface area is 172 Å². The monoisotopic (exact) mass is 395 g/mol. The molecular weight excluding hydrogens is 366 g/mol. The van der Waals surface area contributed by atoms with Crippen molar-refractivity contribution in [3.05, 3.63) is 48.2 Å². The second-order valence-corrected chi connectivity index (χ2v) is 7.75. The van der Waals surface area contributed by atoms with Gasteiger partial charge in [-0.25, -0.2) is 0 Å². The van der Waals surface area contributed by atoms with Crippen LogP contribution in [0.15, 0.2) is 42.5 Å². The summed E-state index contributed by atoms with van der Waals surface area (Å²) in [6.45, 7) is 5.20. The van der Waals surface area contributed by atoms with Gasteiger partial charge in [0.25, 0.3) is 0 Å². The number of piperidine rings is 1. The highest BCUT2D eigenvalue weighted by Gasteiger charge is 2.27. The number of pyridine rings is 1. The first-order valence-corrected chi connectivity index (χ1v) is 10.4. The number of likely N-dealkylation sites (tertiary alicyclic amines) is 1. The zero-order chi connectivity index (χ0) is 20.1. The number of methoxy groups -OCH3 is 1. The van der Waals surface area contributed by atoms with E-state index in [4.69, 9.17) is 14.5 Å². The molecule has 3 heterocycles. The molecule has 2 aliphatic heterocycles. The number of ether oxygens (including phenoxy) is 2. The van der Waals surface area contributed by atoms with Crippen LogP contribution in [0.1, 0.15) is 24.5 Å². The summed E-state index contributed by atoms with van der Waals surface area (Å²) in [5.41, 5.74) is 3.05. The Balaban J connectivity index is 1.44. The highest BCUT2D eigenvalue weighted by atomic mass is 16.5. The Kier molecular flexibility index (Phi) is 6.42. The van der Waals surface area contributed by atoms with Crippen LogP contribution in [0.2, 0.25) is 0 Å². The van der Waals surface area contributed by atoms with Crippen molar-refractivity contribution in [2.45, 2.75) is 18.8 Å². The lowest BCUT2D eigenvalue weighted by atomic mass is 9.93. The molecule has 2 aliphatic rings. The van der Waals surface area contributed by atoms with E-state index in [1.54, 1.807) is 7.11 Å². The summed E-state index contributed by atoms with van der Waals surface area (Å²) in [7, 11) is 1.67. The molecule has 0 saturated carbocycles. The van der Waals surface area contributed by atoms with Gasteiger partial charge in [0, 0.05) is 43.4 Å². The third-order valence-corrected chi connectivity index (χ3v) is 5.79. The molecule has 0 N–H and O–H groups in total. The fourth-order valence-corrected chi connectivity index (χ4v) is 4.12. The summed E-state index contributed by atoms with van der Waals surface area (Å²) >= 11 is 0. The van der Waals surface area contributed by atoms with Crippen LogP contribution >= 0.6 is 0 Å². The van der Waals surface area contributed by atoms with E-state index in [-0.39, 0.29) is 11.8 Å². The van der Waals surface area contributed by atoms with Crippen molar-refractivity contribution >= 4 is 5.91 Å². The second kappa shape index (κ2) is 9.37. The first-order valence-electron chi connectivity index (χ1n) is 10.4. The number of amides is 1. The van der Waals surface area contributed by atoms with Crippen molar-refractivity contribution in [3.8, 4) is 17.0 Å². The number of nitrogens with zero attached hydrogens (tertiary/aromatic N) is 3. The van der Waals surface area contributed by atoms with E-state index in [2.05, 4.69) is 17.0 Å². The molecule has 0 bridgehead atoms. The number of hydrogen-bond donors (Lipinski definition) is 0. The number of rotatable bonds is 5. The van der Waals surface area contributed by atoms with E-state index in [0.29, 0.717) is 6.54 Å². The van der Waals surface area contributed by atoms with E-state index in [1.807, 2.05) is 35.2 Å². The molecule has 2 fully saturated rings. The predicted molar refractivity (Wildman–Crippen MR) is 112 cm³/mol. The minimum atomic E-state index is 0.223. The first-order chi connectivity index (χ1) is 14.2. The number of hydrogen-bond acceptors (Lipinski definition) is 5. The molecule has 0 radical (unpaired) electrons. The van der Waals surface area contributed by atoms with Crippen LogP contribution in [-0.4, -0.2) is 73.7 Å². The summed E-state index contributed by atoms with van der Waals surface area (Å²) in [6, 6.07) is 14.2. The van der Waals surface area contributed by atoms with Crippen LogP contribution in [0.25, 0.3) is 11.3 Å². The maximum Gasteiger partial charge on any atom is 0.236 e. The first kappa shape index (κ1) is 19.9. The molecule has 2 aromatic rings. The minimum Gasteiger partial charge on any atom is -0.497 e. The maximum atomic E-state index is 12.8. The fourth-order valence-electron chi connectivity index (χ4n) is 4.12. The maximum absolute atomic E-state index is 12.8. The van der Waals surface area contributed by atoms with Crippen LogP contribution in [0.4, 0.5) is 0 Å². The average molecular weight is 396 g/mol. The van der Waals surface area contributed by atoms with Gasteiger partial charge in [0.1, 0.15) is 5.75 Å². The lowest BCUT2D eigenvalue weighted by Crippen LogP contribution is -2.47. The van der Waals surface area contributed by atoms with Gasteiger partial charge in [0.15, 0.2) is 0 Å². The van der Waals surface area contributed by atoms with Gasteiger partial charge in [-0.1, -0.05) is 18.2 Å². The average Bonchev–Trinajstić information content (AvgIpc) is 2.80. The van der Waals surface area contributed by atoms with Gasteiger partial charge in [0.2, 0.25) is 5.91 Å². The SMILES string of the molecule is COc1cccc(-c2cccc([C@H]3CCCN(C(=O)CN4CCOCC4)C3)n2)c1. The Bertz CT molecular complexity index is 836. The van der Waals surface area contributed by atoms with Crippen LogP contribution in [0.3, 0.4) is 0 Å². The number of carbonyl (C=O) groups is 1. The molecule has 1 aromatic carbocycles. The van der Waals surface area contributed by atoms with Crippen molar-refractivity contribution in [2.24, 2.45) is 0 Å². The van der Waals surface area contributed by atoms with E-state index in [0.717, 1.165) is 74.9 Å². The highest BCUT2D eigenvalue weighted by molar-refractivity contribution is 5.78. The molecule has 1 atom stereocenters. The number of benzene rings is 1. The molecule has 29 heavy (non-hydrogen) atoms. The van der Waals surface area contributed by atoms with Gasteiger partial charge in [0.05, 0.1) is 32.6 Å². The van der Waals surface area contributed by atoms with Gasteiger partial charge in [-0.05, 0) is 37.1 Å². The fraction of sp³-hybridized carbons (Fsp3) is 0.478. The van der Waals surface area contributed by atoms with Crippen LogP contribution in [-0.2, 0) is 9.53 Å². The van der Waals surface area contributed by atoms with Gasteiger partial charge in [-0.15, -0.1) is 0 Å². The number of aromatic nitrogens is 1. The zero-order valence-electron chi connectivity index (χ0n) is 17.0. The molecule has 2 saturated heterocycles. The van der Waals surface area contributed by atoms with Crippen molar-refractivity contribution in [3.63, 3.8) is 0 Å². The van der Waals surface area contributed by atoms with Crippen molar-refractivity contribution in [1.29, 1.82) is 0 Å². The van der Waals surface area contributed by atoms with Crippen molar-refractivity contribution in [1.82, 2.24) is 14.8 Å². The van der Waals surface area contributed by atoms with E-state index >= 15 is 0 Å². The molecule has 154 valence electrons. The Hall–Kier alpha value is -2.44. The molecule has 0 spiro atoms. The van der Waals surface area contributed by atoms with Crippen LogP contribution < -0.4 is 4.74 Å². The molecule has 6 nitrogen and oxygen atoms in total. The molecule has 0 unspecified atom stereocenters. The number of carbonyl (C=O) groups excluding carboxylic acids is 1. The minimum absolute atomic E-state index is 0.223. The zero-order valence-corrected chi connectivity index (χ0v) is 17.0. The summed E-state index contributed by atoms with van der Waals surface area (Å²) < 4.78 is 10.7. The highest BCUT2D eigenvalue weighted by Crippen LogP contribution is 2.28. The third-order valence-electron chi connectivity index (χ3n) is 5.79. The summed E-state index contributed by atoms with van der Waals surface area (Å²) in [4.78, 5) is 22.0. The van der Waals surface area contributed by atoms with Gasteiger partial charge in [-0.2, -0.15) is 0 Å². The van der Waals surface area contributed by atoms with Crippen LogP contribution in [0.5, 0.6) is 5.75 Å². The summed E-state index contributed by atoms with van der Waals surface area (Å²) in [6.07, 6.45) is 2.08. The standard InChI is InChI=1S/C23H29N3O3/c1-28-20-7-2-5-18(15-20)21-8-3-9-22(24-21)19-6-4-10-26(16-19)23(27)17-25-11-13-29-14-12-25/h2-3,5,7-9,15,19H,4,6,10-14,16-17H2,1H3/t19-/m0/s1. The third kappa shape index (κ3) is 4.95. The molecule has 1 amide bonds. The molecular formula is C23H29N3O3. The van der Waals surface area contributed by atoms with Gasteiger partial charge >= 0.3 is 0 Å². The smallest absolute Gasteiger partial charge is 0.236 e. The summed E-state index contributed by atoms with van der Waals surface area (Å²) in [5, 5.41) is 0. The van der Waals surface area contributed by atoms with Gasteiger partial charge in [-0.3, -0.25) is 14.7 Å². The van der Waals surface area contributed by atoms with Gasteiger partial charge < -0.3 is 14.4 Å². The van der Waals surface area contributed by atoms with E-state index in [1.165, 1.54) is 0 Å². The Morgan fingerprint density at radius 1 is 1.17 bits per heavy atom. The van der Waals surface area contributed by atoms with Crippen molar-refractivity contribution in [2.75, 3.05) is 53.0 Å². The van der Waals surface area contributed by atoms with E-state index < -0.39 is 0 Å². The predicted octanol–water partition coefficient (Wildman–Crippen LogP) is 2.80. The van der Waals surface area contributed by atoms with Crippen molar-refractivity contribution < 1.29 is 14.3 Å². The molecule has 4 rings (SSSR count). The second-order valence-electron chi connectivity index (χ2n) is 7.75. The van der Waals surface area contributed by atoms with Crippen LogP contribution in [0, 0.1) is 0 Å². The summed E-state index contributed by atoms with van der Waals surface area (Å²) in [5.74, 6) is 1.33. The molecule has 0 aliphatic carbocycles. The topological polar surface area (TPSA) is 54.9 Å². The normalized spacial score (nSPS) is 20.4.